The van der Waals surface area contributed by atoms with Crippen LogP contribution in [0.1, 0.15) is 30.0 Å². The molecule has 0 bridgehead atoms. The van der Waals surface area contributed by atoms with Gasteiger partial charge in [-0.1, -0.05) is 79.0 Å². The highest BCUT2D eigenvalue weighted by Gasteiger charge is 2.33. The van der Waals surface area contributed by atoms with E-state index in [0.717, 1.165) is 22.6 Å². The van der Waals surface area contributed by atoms with Gasteiger partial charge < -0.3 is 0 Å². The largest absolute Gasteiger partial charge is 0.299 e. The van der Waals surface area contributed by atoms with Crippen LogP contribution in [0, 0.1) is 12.8 Å². The van der Waals surface area contributed by atoms with E-state index < -0.39 is 0 Å². The van der Waals surface area contributed by atoms with Gasteiger partial charge in [-0.05, 0) is 24.5 Å². The van der Waals surface area contributed by atoms with Crippen LogP contribution in [-0.2, 0) is 16.0 Å². The second-order valence-electron chi connectivity index (χ2n) is 6.83. The van der Waals surface area contributed by atoms with Gasteiger partial charge in [0.05, 0.1) is 4.91 Å². The maximum absolute atomic E-state index is 12.6. The third kappa shape index (κ3) is 5.24. The lowest BCUT2D eigenvalue weighted by Crippen LogP contribution is -2.36. The maximum Gasteiger partial charge on any atom is 0.266 e. The van der Waals surface area contributed by atoms with Crippen LogP contribution in [0.3, 0.4) is 0 Å². The van der Waals surface area contributed by atoms with Crippen LogP contribution in [0.15, 0.2) is 29.2 Å². The van der Waals surface area contributed by atoms with Gasteiger partial charge in [0, 0.05) is 6.42 Å². The number of anilines is 1. The number of hydrogen-bond donors (Lipinski definition) is 1. The van der Waals surface area contributed by atoms with E-state index in [-0.39, 0.29) is 18.4 Å². The molecule has 0 radical (unpaired) electrons. The molecule has 0 saturated carbocycles. The Morgan fingerprint density at radius 1 is 1.29 bits per heavy atom. The summed E-state index contributed by atoms with van der Waals surface area (Å²) in [6, 6.07) is 7.85. The molecule has 28 heavy (non-hydrogen) atoms. The van der Waals surface area contributed by atoms with Crippen molar-refractivity contribution in [1.82, 2.24) is 15.1 Å². The van der Waals surface area contributed by atoms with Crippen molar-refractivity contribution < 1.29 is 9.59 Å². The van der Waals surface area contributed by atoms with Gasteiger partial charge in [0.1, 0.15) is 15.9 Å². The summed E-state index contributed by atoms with van der Waals surface area (Å²) in [4.78, 5) is 26.8. The number of thiocarbonyl (C=S) groups is 1. The summed E-state index contributed by atoms with van der Waals surface area (Å²) in [6.45, 7) is 6.05. The van der Waals surface area contributed by atoms with Crippen molar-refractivity contribution in [3.05, 3.63) is 45.3 Å². The first kappa shape index (κ1) is 20.6. The van der Waals surface area contributed by atoms with Crippen LogP contribution < -0.4 is 5.32 Å². The molecule has 1 fully saturated rings. The topological polar surface area (TPSA) is 75.2 Å². The van der Waals surface area contributed by atoms with Gasteiger partial charge in [-0.2, -0.15) is 0 Å². The number of aryl methyl sites for hydroxylation is 1. The van der Waals surface area contributed by atoms with Gasteiger partial charge >= 0.3 is 0 Å². The van der Waals surface area contributed by atoms with E-state index in [0.29, 0.717) is 20.3 Å². The summed E-state index contributed by atoms with van der Waals surface area (Å²) in [6.07, 6.45) is 2.60. The van der Waals surface area contributed by atoms with Crippen molar-refractivity contribution in [1.29, 1.82) is 0 Å². The molecular formula is C19H20N4O2S3. The van der Waals surface area contributed by atoms with E-state index in [9.17, 15) is 9.59 Å². The molecule has 1 saturated heterocycles. The van der Waals surface area contributed by atoms with E-state index >= 15 is 0 Å². The molecule has 0 atom stereocenters. The number of thioether (sulfide) groups is 1. The molecule has 1 aromatic carbocycles. The number of carbonyl (C=O) groups excluding carboxylic acids is 2. The molecule has 9 heteroatoms. The van der Waals surface area contributed by atoms with Gasteiger partial charge in [0.15, 0.2) is 0 Å². The smallest absolute Gasteiger partial charge is 0.266 e. The lowest BCUT2D eigenvalue weighted by atomic mass is 10.1. The Labute approximate surface area is 177 Å². The number of rotatable bonds is 6. The van der Waals surface area contributed by atoms with Crippen LogP contribution in [0.2, 0.25) is 0 Å². The Bertz CT molecular complexity index is 935. The summed E-state index contributed by atoms with van der Waals surface area (Å²) < 4.78 is 0.372. The number of aromatic nitrogens is 2. The number of nitrogens with one attached hydrogen (secondary N) is 1. The predicted molar refractivity (Wildman–Crippen MR) is 118 cm³/mol. The van der Waals surface area contributed by atoms with Crippen LogP contribution in [-0.4, -0.2) is 37.8 Å². The second-order valence-corrected chi connectivity index (χ2v) is 9.56. The number of amides is 2. The zero-order valence-electron chi connectivity index (χ0n) is 15.8. The molecule has 2 amide bonds. The molecular weight excluding hydrogens is 412 g/mol. The summed E-state index contributed by atoms with van der Waals surface area (Å²) in [5, 5.41) is 12.1. The van der Waals surface area contributed by atoms with Crippen LogP contribution in [0.4, 0.5) is 5.13 Å². The molecule has 0 spiro atoms. The maximum atomic E-state index is 12.6. The van der Waals surface area contributed by atoms with Crippen molar-refractivity contribution in [3.63, 3.8) is 0 Å². The zero-order chi connectivity index (χ0) is 20.3. The number of hydrogen-bond acceptors (Lipinski definition) is 7. The molecule has 3 rings (SSSR count). The third-order valence-corrected chi connectivity index (χ3v) is 6.09. The Balaban J connectivity index is 1.63. The van der Waals surface area contributed by atoms with E-state index in [2.05, 4.69) is 29.4 Å². The molecule has 0 aliphatic carbocycles. The first-order chi connectivity index (χ1) is 13.3. The van der Waals surface area contributed by atoms with Crippen LogP contribution in [0.25, 0.3) is 6.08 Å². The fourth-order valence-corrected chi connectivity index (χ4v) is 4.71. The molecule has 146 valence electrons. The summed E-state index contributed by atoms with van der Waals surface area (Å²) in [5.41, 5.74) is 2.07. The molecule has 1 aromatic heterocycles. The lowest BCUT2D eigenvalue weighted by Gasteiger charge is -2.13. The van der Waals surface area contributed by atoms with Crippen molar-refractivity contribution in [2.45, 2.75) is 27.2 Å². The fraction of sp³-hybridized carbons (Fsp3) is 0.316. The molecule has 2 heterocycles. The highest BCUT2D eigenvalue weighted by atomic mass is 32.2. The minimum Gasteiger partial charge on any atom is -0.299 e. The van der Waals surface area contributed by atoms with E-state index in [1.807, 2.05) is 31.2 Å². The number of nitrogens with zero attached hydrogens (tertiary/aromatic N) is 3. The number of carbonyl (C=O) groups is 2. The van der Waals surface area contributed by atoms with Crippen molar-refractivity contribution in [2.75, 3.05) is 11.9 Å². The predicted octanol–water partition coefficient (Wildman–Crippen LogP) is 3.88. The second kappa shape index (κ2) is 8.93. The third-order valence-electron chi connectivity index (χ3n) is 3.85. The standard InChI is InChI=1S/C19H20N4O2S3/c1-11(2)8-16-21-22-18(28-16)20-15(24)10-23-17(25)14(27-19(23)26)9-13-6-4-12(3)5-7-13/h4-7,9,11H,8,10H2,1-3H3,(H,20,22,24)/b14-9+. The fourth-order valence-electron chi connectivity index (χ4n) is 2.49. The molecule has 6 nitrogen and oxygen atoms in total. The van der Waals surface area contributed by atoms with Gasteiger partial charge in [-0.15, -0.1) is 10.2 Å². The van der Waals surface area contributed by atoms with Crippen molar-refractivity contribution in [3.8, 4) is 0 Å². The normalized spacial score (nSPS) is 15.7. The van der Waals surface area contributed by atoms with Gasteiger partial charge in [-0.3, -0.25) is 19.8 Å². The van der Waals surface area contributed by atoms with Gasteiger partial charge in [0.25, 0.3) is 5.91 Å². The Kier molecular flexibility index (Phi) is 6.58. The molecule has 2 aromatic rings. The van der Waals surface area contributed by atoms with E-state index in [4.69, 9.17) is 12.2 Å². The van der Waals surface area contributed by atoms with Gasteiger partial charge in [0.2, 0.25) is 11.0 Å². The highest BCUT2D eigenvalue weighted by molar-refractivity contribution is 8.26. The minimum atomic E-state index is -0.347. The average Bonchev–Trinajstić information content (AvgIpc) is 3.15. The van der Waals surface area contributed by atoms with E-state index in [1.165, 1.54) is 28.0 Å². The molecule has 1 aliphatic heterocycles. The Morgan fingerprint density at radius 2 is 2.00 bits per heavy atom. The first-order valence-electron chi connectivity index (χ1n) is 8.76. The van der Waals surface area contributed by atoms with Gasteiger partial charge in [-0.25, -0.2) is 0 Å². The van der Waals surface area contributed by atoms with Crippen molar-refractivity contribution >= 4 is 62.7 Å². The minimum absolute atomic E-state index is 0.144. The average molecular weight is 433 g/mol. The molecule has 0 unspecified atom stereocenters. The number of benzene rings is 1. The summed E-state index contributed by atoms with van der Waals surface area (Å²) in [7, 11) is 0. The lowest BCUT2D eigenvalue weighted by molar-refractivity contribution is -0.126. The van der Waals surface area contributed by atoms with Crippen LogP contribution in [0.5, 0.6) is 0 Å². The van der Waals surface area contributed by atoms with E-state index in [1.54, 1.807) is 6.08 Å². The molecule has 1 aliphatic rings. The Morgan fingerprint density at radius 3 is 2.68 bits per heavy atom. The van der Waals surface area contributed by atoms with Crippen molar-refractivity contribution in [2.24, 2.45) is 5.92 Å². The van der Waals surface area contributed by atoms with Crippen LogP contribution >= 0.6 is 35.3 Å². The monoisotopic (exact) mass is 432 g/mol. The highest BCUT2D eigenvalue weighted by Crippen LogP contribution is 2.32. The summed E-state index contributed by atoms with van der Waals surface area (Å²) >= 11 is 7.84. The quantitative estimate of drug-likeness (QED) is 0.551. The first-order valence-corrected chi connectivity index (χ1v) is 10.8. The Hall–Kier alpha value is -2.10. The molecule has 1 N–H and O–H groups in total. The SMILES string of the molecule is Cc1ccc(/C=C2/SC(=S)N(CC(=O)Nc3nnc(CC(C)C)s3)C2=O)cc1. The zero-order valence-corrected chi connectivity index (χ0v) is 18.2. The summed E-state index contributed by atoms with van der Waals surface area (Å²) in [5.74, 6) is -0.143.